The van der Waals surface area contributed by atoms with Crippen molar-refractivity contribution >= 4 is 18.3 Å². The molecule has 36 heavy (non-hydrogen) atoms. The fraction of sp³-hybridized carbons (Fsp3) is 0.963. The molecule has 4 saturated carbocycles. The molecule has 0 spiro atoms. The van der Waals surface area contributed by atoms with E-state index in [1.54, 1.807) is 4.90 Å². The van der Waals surface area contributed by atoms with Crippen molar-refractivity contribution in [1.82, 2.24) is 10.2 Å². The number of aliphatic hydroxyl groups is 4. The SMILES string of the molecule is CCCCN1[C@H](CO)[C@@H](O)[C@H](O)[C@@H](O)[C@H]1C(=O)NCCCCCOCC12CC3CC(CC(C3)C1)C2.Cl. The molecule has 4 aliphatic carbocycles. The van der Waals surface area contributed by atoms with Gasteiger partial charge in [-0.3, -0.25) is 9.69 Å². The molecular formula is C27H49ClN2O6. The molecule has 0 aromatic carbocycles. The Labute approximate surface area is 222 Å². The van der Waals surface area contributed by atoms with Crippen LogP contribution in [0.3, 0.4) is 0 Å². The van der Waals surface area contributed by atoms with Crippen molar-refractivity contribution in [2.24, 2.45) is 23.2 Å². The summed E-state index contributed by atoms with van der Waals surface area (Å²) in [6.07, 6.45) is 8.70. The van der Waals surface area contributed by atoms with Crippen molar-refractivity contribution < 1.29 is 30.0 Å². The van der Waals surface area contributed by atoms with Gasteiger partial charge in [-0.15, -0.1) is 12.4 Å². The van der Waals surface area contributed by atoms with Crippen LogP contribution in [0.25, 0.3) is 0 Å². The third kappa shape index (κ3) is 6.74. The van der Waals surface area contributed by atoms with Crippen molar-refractivity contribution in [3.05, 3.63) is 0 Å². The molecule has 0 radical (unpaired) electrons. The average molecular weight is 533 g/mol. The molecule has 5 N–H and O–H groups in total. The Bertz CT molecular complexity index is 662. The first-order valence-electron chi connectivity index (χ1n) is 14.1. The summed E-state index contributed by atoms with van der Waals surface area (Å²) < 4.78 is 6.15. The number of nitrogens with one attached hydrogen (secondary N) is 1. The zero-order chi connectivity index (χ0) is 25.0. The van der Waals surface area contributed by atoms with Gasteiger partial charge < -0.3 is 30.5 Å². The van der Waals surface area contributed by atoms with Crippen LogP contribution in [0.5, 0.6) is 0 Å². The summed E-state index contributed by atoms with van der Waals surface area (Å²) in [6, 6.07) is -1.76. The highest BCUT2D eigenvalue weighted by Crippen LogP contribution is 2.60. The minimum Gasteiger partial charge on any atom is -0.395 e. The first-order valence-corrected chi connectivity index (χ1v) is 14.1. The smallest absolute Gasteiger partial charge is 0.240 e. The molecule has 0 unspecified atom stereocenters. The topological polar surface area (TPSA) is 122 Å². The Hall–Kier alpha value is -0.480. The predicted molar refractivity (Wildman–Crippen MR) is 140 cm³/mol. The van der Waals surface area contributed by atoms with Crippen molar-refractivity contribution in [3.8, 4) is 0 Å². The van der Waals surface area contributed by atoms with Gasteiger partial charge in [0.2, 0.25) is 5.91 Å². The Balaban J connectivity index is 0.00000361. The summed E-state index contributed by atoms with van der Waals surface area (Å²) in [5, 5.41) is 43.7. The van der Waals surface area contributed by atoms with E-state index >= 15 is 0 Å². The second-order valence-corrected chi connectivity index (χ2v) is 12.1. The highest BCUT2D eigenvalue weighted by atomic mass is 35.5. The van der Waals surface area contributed by atoms with E-state index in [0.717, 1.165) is 63.1 Å². The van der Waals surface area contributed by atoms with Crippen molar-refractivity contribution in [3.63, 3.8) is 0 Å². The standard InChI is InChI=1S/C27H48N2O6.ClH/c1-2-3-8-29-21(16-30)23(31)25(33)24(32)22(29)26(34)28-7-5-4-6-9-35-17-27-13-18-10-19(14-27)12-20(11-18)15-27;/h18-25,30-33H,2-17H2,1H3,(H,28,34);1H/t18?,19?,20?,21-,22+,23-,24+,25+,27?;/m1./s1. The number of unbranched alkanes of at least 4 members (excludes halogenated alkanes) is 3. The van der Waals surface area contributed by atoms with Crippen LogP contribution >= 0.6 is 12.4 Å². The lowest BCUT2D eigenvalue weighted by molar-refractivity contribution is -0.178. The maximum atomic E-state index is 12.9. The molecule has 1 saturated heterocycles. The van der Waals surface area contributed by atoms with Gasteiger partial charge in [0.25, 0.3) is 0 Å². The number of likely N-dealkylation sites (tertiary alicyclic amines) is 1. The predicted octanol–water partition coefficient (Wildman–Crippen LogP) is 1.86. The van der Waals surface area contributed by atoms with Crippen molar-refractivity contribution in [1.29, 1.82) is 0 Å². The largest absolute Gasteiger partial charge is 0.395 e. The molecule has 8 nitrogen and oxygen atoms in total. The van der Waals surface area contributed by atoms with Gasteiger partial charge in [-0.25, -0.2) is 0 Å². The minimum atomic E-state index is -1.47. The molecule has 5 fully saturated rings. The fourth-order valence-electron chi connectivity index (χ4n) is 7.96. The normalized spacial score (nSPS) is 39.7. The Morgan fingerprint density at radius 1 is 0.944 bits per heavy atom. The van der Waals surface area contributed by atoms with E-state index in [0.29, 0.717) is 18.5 Å². The number of rotatable bonds is 13. The fourth-order valence-corrected chi connectivity index (χ4v) is 7.96. The lowest BCUT2D eigenvalue weighted by Gasteiger charge is -2.56. The third-order valence-corrected chi connectivity index (χ3v) is 9.26. The summed E-state index contributed by atoms with van der Waals surface area (Å²) in [5.41, 5.74) is 0.456. The quantitative estimate of drug-likeness (QED) is 0.229. The number of piperidine rings is 1. The van der Waals surface area contributed by atoms with Gasteiger partial charge in [-0.05, 0) is 93.9 Å². The van der Waals surface area contributed by atoms with E-state index in [1.807, 2.05) is 6.92 Å². The van der Waals surface area contributed by atoms with E-state index in [-0.39, 0.29) is 24.9 Å². The zero-order valence-electron chi connectivity index (χ0n) is 21.9. The molecule has 1 heterocycles. The van der Waals surface area contributed by atoms with Crippen molar-refractivity contribution in [2.45, 2.75) is 108 Å². The number of carbonyl (C=O) groups excluding carboxylic acids is 1. The molecule has 210 valence electrons. The molecule has 0 aromatic rings. The van der Waals surface area contributed by atoms with Crippen LogP contribution in [0.4, 0.5) is 0 Å². The van der Waals surface area contributed by atoms with Crippen LogP contribution in [-0.4, -0.2) is 94.5 Å². The van der Waals surface area contributed by atoms with Gasteiger partial charge in [-0.2, -0.15) is 0 Å². The van der Waals surface area contributed by atoms with Gasteiger partial charge in [0.15, 0.2) is 0 Å². The number of aliphatic hydroxyl groups excluding tert-OH is 4. The molecule has 9 heteroatoms. The van der Waals surface area contributed by atoms with Crippen LogP contribution in [0, 0.1) is 23.2 Å². The number of halogens is 1. The van der Waals surface area contributed by atoms with Gasteiger partial charge in [0.05, 0.1) is 19.3 Å². The van der Waals surface area contributed by atoms with Gasteiger partial charge in [0.1, 0.15) is 24.4 Å². The molecule has 1 amide bonds. The minimum absolute atomic E-state index is 0. The Kier molecular flexibility index (Phi) is 11.3. The van der Waals surface area contributed by atoms with E-state index in [2.05, 4.69) is 5.32 Å². The second-order valence-electron chi connectivity index (χ2n) is 12.1. The molecular weight excluding hydrogens is 484 g/mol. The van der Waals surface area contributed by atoms with Crippen LogP contribution in [-0.2, 0) is 9.53 Å². The van der Waals surface area contributed by atoms with Crippen LogP contribution in [0.1, 0.15) is 77.6 Å². The molecule has 5 atom stereocenters. The van der Waals surface area contributed by atoms with Gasteiger partial charge >= 0.3 is 0 Å². The lowest BCUT2D eigenvalue weighted by atomic mass is 9.50. The maximum Gasteiger partial charge on any atom is 0.240 e. The summed E-state index contributed by atoms with van der Waals surface area (Å²) >= 11 is 0. The molecule has 5 rings (SSSR count). The summed E-state index contributed by atoms with van der Waals surface area (Å²) in [4.78, 5) is 14.6. The summed E-state index contributed by atoms with van der Waals surface area (Å²) in [5.74, 6) is 2.49. The lowest BCUT2D eigenvalue weighted by Crippen LogP contribution is -2.70. The zero-order valence-corrected chi connectivity index (χ0v) is 22.7. The molecule has 4 bridgehead atoms. The van der Waals surface area contributed by atoms with Crippen LogP contribution in [0.15, 0.2) is 0 Å². The Morgan fingerprint density at radius 2 is 1.58 bits per heavy atom. The van der Waals surface area contributed by atoms with Crippen LogP contribution in [0.2, 0.25) is 0 Å². The number of carbonyl (C=O) groups is 1. The highest BCUT2D eigenvalue weighted by Gasteiger charge is 2.51. The van der Waals surface area contributed by atoms with E-state index < -0.39 is 30.4 Å². The number of hydrogen-bond donors (Lipinski definition) is 5. The van der Waals surface area contributed by atoms with Gasteiger partial charge in [-0.1, -0.05) is 13.3 Å². The van der Waals surface area contributed by atoms with E-state index in [4.69, 9.17) is 4.74 Å². The molecule has 0 aromatic heterocycles. The average Bonchev–Trinajstić information content (AvgIpc) is 2.82. The molecule has 5 aliphatic rings. The number of ether oxygens (including phenoxy) is 1. The maximum absolute atomic E-state index is 12.9. The monoisotopic (exact) mass is 532 g/mol. The third-order valence-electron chi connectivity index (χ3n) is 9.26. The number of amides is 1. The second kappa shape index (κ2) is 13.5. The Morgan fingerprint density at radius 3 is 2.17 bits per heavy atom. The van der Waals surface area contributed by atoms with E-state index in [9.17, 15) is 25.2 Å². The summed E-state index contributed by atoms with van der Waals surface area (Å²) in [6.45, 7) is 4.26. The van der Waals surface area contributed by atoms with Gasteiger partial charge in [0, 0.05) is 13.2 Å². The van der Waals surface area contributed by atoms with E-state index in [1.165, 1.54) is 38.5 Å². The van der Waals surface area contributed by atoms with Crippen LogP contribution < -0.4 is 5.32 Å². The number of hydrogen-bond acceptors (Lipinski definition) is 7. The van der Waals surface area contributed by atoms with Crippen molar-refractivity contribution in [2.75, 3.05) is 32.9 Å². The highest BCUT2D eigenvalue weighted by molar-refractivity contribution is 5.85. The summed E-state index contributed by atoms with van der Waals surface area (Å²) in [7, 11) is 0. The first-order chi connectivity index (χ1) is 16.9. The number of nitrogens with zero attached hydrogens (tertiary/aromatic N) is 1. The first kappa shape index (κ1) is 30.1. The molecule has 1 aliphatic heterocycles.